The number of imide groups is 1. The number of hydrogen-bond donors (Lipinski definition) is 2. The van der Waals surface area contributed by atoms with Crippen LogP contribution in [0.15, 0.2) is 59.3 Å². The summed E-state index contributed by atoms with van der Waals surface area (Å²) in [7, 11) is 0. The fourth-order valence-corrected chi connectivity index (χ4v) is 4.12. The number of nitrogens with one attached hydrogen (secondary N) is 2. The van der Waals surface area contributed by atoms with E-state index in [0.717, 1.165) is 32.1 Å². The van der Waals surface area contributed by atoms with Crippen molar-refractivity contribution in [1.29, 1.82) is 0 Å². The van der Waals surface area contributed by atoms with Gasteiger partial charge in [-0.15, -0.1) is 0 Å². The molecule has 2 aromatic rings. The predicted octanol–water partition coefficient (Wildman–Crippen LogP) is 4.64. The van der Waals surface area contributed by atoms with Gasteiger partial charge in [-0.1, -0.05) is 43.0 Å². The fourth-order valence-electron chi connectivity index (χ4n) is 3.90. The van der Waals surface area contributed by atoms with Gasteiger partial charge in [0.05, 0.1) is 5.69 Å². The third-order valence-electron chi connectivity index (χ3n) is 5.54. The first kappa shape index (κ1) is 21.1. The highest BCUT2D eigenvalue weighted by atomic mass is 35.5. The highest BCUT2D eigenvalue weighted by molar-refractivity contribution is 6.48. The van der Waals surface area contributed by atoms with Crippen molar-refractivity contribution in [1.82, 2.24) is 4.90 Å². The zero-order valence-corrected chi connectivity index (χ0v) is 17.4. The Morgan fingerprint density at radius 1 is 0.968 bits per heavy atom. The van der Waals surface area contributed by atoms with Crippen LogP contribution in [0.2, 0.25) is 0 Å². The van der Waals surface area contributed by atoms with Crippen LogP contribution in [0.5, 0.6) is 0 Å². The van der Waals surface area contributed by atoms with E-state index in [-0.39, 0.29) is 22.5 Å². The second-order valence-corrected chi connectivity index (χ2v) is 7.98. The van der Waals surface area contributed by atoms with Crippen LogP contribution >= 0.6 is 11.6 Å². The Labute approximate surface area is 184 Å². The van der Waals surface area contributed by atoms with Crippen LogP contribution < -0.4 is 10.6 Å². The van der Waals surface area contributed by atoms with Crippen LogP contribution in [0.3, 0.4) is 0 Å². The van der Waals surface area contributed by atoms with Gasteiger partial charge in [-0.3, -0.25) is 19.3 Å². The largest absolute Gasteiger partial charge is 0.350 e. The Morgan fingerprint density at radius 2 is 1.65 bits per heavy atom. The van der Waals surface area contributed by atoms with E-state index in [1.807, 2.05) is 0 Å². The van der Waals surface area contributed by atoms with Crippen molar-refractivity contribution >= 4 is 40.7 Å². The highest BCUT2D eigenvalue weighted by Crippen LogP contribution is 2.32. The van der Waals surface area contributed by atoms with Gasteiger partial charge in [0.15, 0.2) is 0 Å². The van der Waals surface area contributed by atoms with Crippen LogP contribution in [-0.4, -0.2) is 28.7 Å². The standard InChI is InChI=1S/C23H21ClFN3O3/c24-19-20(23(31)28(22(19)30)16-6-2-1-3-7-16)26-15-12-10-14(11-13-15)21(29)27-18-9-5-4-8-17(18)25/h4-5,8-13,16,26H,1-3,6-7H2,(H,27,29). The minimum absolute atomic E-state index is 0.0424. The molecular formula is C23H21ClFN3O3. The molecule has 1 saturated carbocycles. The highest BCUT2D eigenvalue weighted by Gasteiger charge is 2.42. The molecule has 6 nitrogen and oxygen atoms in total. The molecule has 0 bridgehead atoms. The lowest BCUT2D eigenvalue weighted by Crippen LogP contribution is -2.42. The molecule has 2 aliphatic rings. The number of hydrogen-bond acceptors (Lipinski definition) is 4. The SMILES string of the molecule is O=C(Nc1ccccc1F)c1ccc(NC2=C(Cl)C(=O)N(C3CCCCC3)C2=O)cc1. The number of halogens is 2. The second-order valence-electron chi connectivity index (χ2n) is 7.60. The summed E-state index contributed by atoms with van der Waals surface area (Å²) in [6.45, 7) is 0. The van der Waals surface area contributed by atoms with Gasteiger partial charge < -0.3 is 10.6 Å². The van der Waals surface area contributed by atoms with E-state index < -0.39 is 23.5 Å². The van der Waals surface area contributed by atoms with Gasteiger partial charge in [-0.05, 0) is 49.2 Å². The number of rotatable bonds is 5. The quantitative estimate of drug-likeness (QED) is 0.662. The summed E-state index contributed by atoms with van der Waals surface area (Å²) in [4.78, 5) is 39.0. The van der Waals surface area contributed by atoms with E-state index >= 15 is 0 Å². The molecule has 2 N–H and O–H groups in total. The third-order valence-corrected chi connectivity index (χ3v) is 5.89. The van der Waals surface area contributed by atoms with E-state index in [1.54, 1.807) is 18.2 Å². The topological polar surface area (TPSA) is 78.5 Å². The van der Waals surface area contributed by atoms with Gasteiger partial charge in [0.25, 0.3) is 17.7 Å². The molecule has 4 rings (SSSR count). The number of benzene rings is 2. The van der Waals surface area contributed by atoms with Crippen LogP contribution in [0.25, 0.3) is 0 Å². The molecule has 1 heterocycles. The molecule has 1 fully saturated rings. The lowest BCUT2D eigenvalue weighted by molar-refractivity contribution is -0.140. The summed E-state index contributed by atoms with van der Waals surface area (Å²) in [5.41, 5.74) is 0.944. The average Bonchev–Trinajstić information content (AvgIpc) is 2.99. The molecule has 0 atom stereocenters. The smallest absolute Gasteiger partial charge is 0.279 e. The minimum atomic E-state index is -0.525. The second kappa shape index (κ2) is 8.89. The molecule has 8 heteroatoms. The van der Waals surface area contributed by atoms with Crippen molar-refractivity contribution in [3.05, 3.63) is 70.6 Å². The predicted molar refractivity (Wildman–Crippen MR) is 116 cm³/mol. The fraction of sp³-hybridized carbons (Fsp3) is 0.261. The van der Waals surface area contributed by atoms with E-state index in [9.17, 15) is 18.8 Å². The normalized spacial score (nSPS) is 17.3. The van der Waals surface area contributed by atoms with Crippen molar-refractivity contribution in [3.8, 4) is 0 Å². The van der Waals surface area contributed by atoms with Crippen LogP contribution in [0, 0.1) is 5.82 Å². The van der Waals surface area contributed by atoms with Gasteiger partial charge in [0, 0.05) is 17.3 Å². The maximum absolute atomic E-state index is 13.7. The number of carbonyl (C=O) groups is 3. The molecule has 1 aliphatic heterocycles. The minimum Gasteiger partial charge on any atom is -0.350 e. The average molecular weight is 442 g/mol. The number of amides is 3. The Kier molecular flexibility index (Phi) is 6.04. The molecule has 160 valence electrons. The first-order valence-electron chi connectivity index (χ1n) is 10.2. The zero-order valence-electron chi connectivity index (χ0n) is 16.7. The lowest BCUT2D eigenvalue weighted by Gasteiger charge is -2.29. The molecule has 0 aromatic heterocycles. The van der Waals surface area contributed by atoms with Gasteiger partial charge in [0.2, 0.25) is 0 Å². The molecule has 0 spiro atoms. The van der Waals surface area contributed by atoms with E-state index in [4.69, 9.17) is 11.6 Å². The van der Waals surface area contributed by atoms with Crippen LogP contribution in [-0.2, 0) is 9.59 Å². The van der Waals surface area contributed by atoms with Crippen molar-refractivity contribution in [2.75, 3.05) is 10.6 Å². The lowest BCUT2D eigenvalue weighted by atomic mass is 9.94. The van der Waals surface area contributed by atoms with E-state index in [1.165, 1.54) is 35.2 Å². The molecule has 0 unspecified atom stereocenters. The Morgan fingerprint density at radius 3 is 2.32 bits per heavy atom. The number of carbonyl (C=O) groups excluding carboxylic acids is 3. The number of anilines is 2. The Bertz CT molecular complexity index is 1060. The summed E-state index contributed by atoms with van der Waals surface area (Å²) in [6, 6.07) is 12.0. The molecule has 0 saturated heterocycles. The third kappa shape index (κ3) is 4.32. The van der Waals surface area contributed by atoms with Crippen molar-refractivity contribution < 1.29 is 18.8 Å². The number of nitrogens with zero attached hydrogens (tertiary/aromatic N) is 1. The monoisotopic (exact) mass is 441 g/mol. The van der Waals surface area contributed by atoms with E-state index in [0.29, 0.717) is 11.3 Å². The van der Waals surface area contributed by atoms with Crippen LogP contribution in [0.4, 0.5) is 15.8 Å². The van der Waals surface area contributed by atoms with Crippen molar-refractivity contribution in [2.24, 2.45) is 0 Å². The van der Waals surface area contributed by atoms with Gasteiger partial charge in [0.1, 0.15) is 16.5 Å². The zero-order chi connectivity index (χ0) is 22.0. The molecular weight excluding hydrogens is 421 g/mol. The summed E-state index contributed by atoms with van der Waals surface area (Å²) in [6.07, 6.45) is 4.66. The van der Waals surface area contributed by atoms with Gasteiger partial charge in [-0.2, -0.15) is 0 Å². The molecule has 31 heavy (non-hydrogen) atoms. The summed E-state index contributed by atoms with van der Waals surface area (Å²) >= 11 is 6.18. The Balaban J connectivity index is 1.45. The molecule has 0 radical (unpaired) electrons. The van der Waals surface area contributed by atoms with Gasteiger partial charge in [-0.25, -0.2) is 4.39 Å². The Hall–Kier alpha value is -3.19. The maximum atomic E-state index is 13.7. The van der Waals surface area contributed by atoms with Crippen molar-refractivity contribution in [3.63, 3.8) is 0 Å². The number of para-hydroxylation sites is 1. The van der Waals surface area contributed by atoms with Gasteiger partial charge >= 0.3 is 0 Å². The van der Waals surface area contributed by atoms with E-state index in [2.05, 4.69) is 10.6 Å². The van der Waals surface area contributed by atoms with Crippen molar-refractivity contribution in [2.45, 2.75) is 38.1 Å². The molecule has 3 amide bonds. The first-order valence-corrected chi connectivity index (χ1v) is 10.5. The maximum Gasteiger partial charge on any atom is 0.279 e. The summed E-state index contributed by atoms with van der Waals surface area (Å²) in [5.74, 6) is -1.89. The van der Waals surface area contributed by atoms with Crippen LogP contribution in [0.1, 0.15) is 42.5 Å². The first-order chi connectivity index (χ1) is 15.0. The molecule has 1 aliphatic carbocycles. The molecule has 2 aromatic carbocycles. The summed E-state index contributed by atoms with van der Waals surface area (Å²) < 4.78 is 13.7. The summed E-state index contributed by atoms with van der Waals surface area (Å²) in [5, 5.41) is 5.29.